The molecule has 1 aromatic rings. The van der Waals surface area contributed by atoms with Crippen molar-refractivity contribution in [2.24, 2.45) is 0 Å². The molecule has 0 saturated heterocycles. The molecule has 0 bridgehead atoms. The summed E-state index contributed by atoms with van der Waals surface area (Å²) >= 11 is 5.87. The van der Waals surface area contributed by atoms with Crippen molar-refractivity contribution < 1.29 is 9.18 Å². The molecule has 0 aliphatic heterocycles. The molecule has 5 heteroatoms. The molecule has 0 heterocycles. The van der Waals surface area contributed by atoms with Crippen LogP contribution in [0.2, 0.25) is 5.02 Å². The molecular formula is C14H18ClFN2O. The largest absolute Gasteiger partial charge is 0.324 e. The van der Waals surface area contributed by atoms with Crippen molar-refractivity contribution in [2.45, 2.75) is 31.7 Å². The van der Waals surface area contributed by atoms with Gasteiger partial charge in [-0.2, -0.15) is 0 Å². The predicted octanol–water partition coefficient (Wildman–Crippen LogP) is 3.29. The molecule has 0 aromatic heterocycles. The number of likely N-dealkylation sites (N-methyl/N-ethyl adjacent to an activating group) is 1. The van der Waals surface area contributed by atoms with E-state index in [1.54, 1.807) is 0 Å². The minimum atomic E-state index is -0.411. The van der Waals surface area contributed by atoms with Crippen LogP contribution >= 0.6 is 11.6 Å². The molecule has 0 spiro atoms. The lowest BCUT2D eigenvalue weighted by atomic mass is 10.2. The van der Waals surface area contributed by atoms with Crippen LogP contribution in [0.1, 0.15) is 25.7 Å². The van der Waals surface area contributed by atoms with Gasteiger partial charge in [-0.1, -0.05) is 24.4 Å². The van der Waals surface area contributed by atoms with Gasteiger partial charge in [0.1, 0.15) is 5.82 Å². The van der Waals surface area contributed by atoms with Crippen molar-refractivity contribution in [3.63, 3.8) is 0 Å². The second-order valence-electron chi connectivity index (χ2n) is 5.03. The molecule has 0 unspecified atom stereocenters. The van der Waals surface area contributed by atoms with E-state index in [4.69, 9.17) is 11.6 Å². The first-order valence-electron chi connectivity index (χ1n) is 6.51. The molecule has 3 nitrogen and oxygen atoms in total. The summed E-state index contributed by atoms with van der Waals surface area (Å²) in [4.78, 5) is 14.0. The SMILES string of the molecule is CN(CC(=O)Nc1ccc(F)cc1Cl)C1CCCC1. The van der Waals surface area contributed by atoms with E-state index in [1.165, 1.54) is 31.0 Å². The minimum Gasteiger partial charge on any atom is -0.324 e. The summed E-state index contributed by atoms with van der Waals surface area (Å²) in [5, 5.41) is 2.93. The molecular weight excluding hydrogens is 267 g/mol. The summed E-state index contributed by atoms with van der Waals surface area (Å²) in [7, 11) is 1.96. The van der Waals surface area contributed by atoms with E-state index < -0.39 is 5.82 Å². The van der Waals surface area contributed by atoms with E-state index in [9.17, 15) is 9.18 Å². The number of nitrogens with zero attached hydrogens (tertiary/aromatic N) is 1. The van der Waals surface area contributed by atoms with Crippen LogP contribution < -0.4 is 5.32 Å². The smallest absolute Gasteiger partial charge is 0.238 e. The van der Waals surface area contributed by atoms with Gasteiger partial charge in [-0.3, -0.25) is 9.69 Å². The summed E-state index contributed by atoms with van der Waals surface area (Å²) in [5.74, 6) is -0.533. The van der Waals surface area contributed by atoms with Gasteiger partial charge in [-0.25, -0.2) is 4.39 Å². The van der Waals surface area contributed by atoms with Crippen molar-refractivity contribution in [1.82, 2.24) is 4.90 Å². The molecule has 1 aromatic carbocycles. The van der Waals surface area contributed by atoms with Crippen LogP contribution in [0.4, 0.5) is 10.1 Å². The van der Waals surface area contributed by atoms with Crippen LogP contribution in [0, 0.1) is 5.82 Å². The van der Waals surface area contributed by atoms with Crippen molar-refractivity contribution in [3.05, 3.63) is 29.0 Å². The fourth-order valence-corrected chi connectivity index (χ4v) is 2.70. The molecule has 2 rings (SSSR count). The molecule has 1 fully saturated rings. The Morgan fingerprint density at radius 3 is 2.79 bits per heavy atom. The van der Waals surface area contributed by atoms with Gasteiger partial charge in [0.05, 0.1) is 17.3 Å². The molecule has 1 aliphatic carbocycles. The zero-order chi connectivity index (χ0) is 13.8. The molecule has 104 valence electrons. The average Bonchev–Trinajstić information content (AvgIpc) is 2.86. The van der Waals surface area contributed by atoms with Gasteiger partial charge < -0.3 is 5.32 Å². The Bertz CT molecular complexity index is 461. The van der Waals surface area contributed by atoms with Crippen LogP contribution in [0.5, 0.6) is 0 Å². The summed E-state index contributed by atoms with van der Waals surface area (Å²) in [6, 6.07) is 4.44. The minimum absolute atomic E-state index is 0.122. The Morgan fingerprint density at radius 2 is 2.16 bits per heavy atom. The number of anilines is 1. The third-order valence-electron chi connectivity index (χ3n) is 3.55. The lowest BCUT2D eigenvalue weighted by Crippen LogP contribution is -2.36. The fourth-order valence-electron chi connectivity index (χ4n) is 2.48. The van der Waals surface area contributed by atoms with Gasteiger partial charge in [0.25, 0.3) is 0 Å². The monoisotopic (exact) mass is 284 g/mol. The highest BCUT2D eigenvalue weighted by molar-refractivity contribution is 6.33. The average molecular weight is 285 g/mol. The maximum absolute atomic E-state index is 12.9. The molecule has 1 N–H and O–H groups in total. The van der Waals surface area contributed by atoms with Crippen molar-refractivity contribution >= 4 is 23.2 Å². The van der Waals surface area contributed by atoms with Gasteiger partial charge in [-0.15, -0.1) is 0 Å². The molecule has 1 amide bonds. The highest BCUT2D eigenvalue weighted by atomic mass is 35.5. The van der Waals surface area contributed by atoms with Crippen LogP contribution in [-0.4, -0.2) is 30.4 Å². The van der Waals surface area contributed by atoms with Crippen LogP contribution in [-0.2, 0) is 4.79 Å². The number of carbonyl (C=O) groups excluding carboxylic acids is 1. The van der Waals surface area contributed by atoms with Crippen molar-refractivity contribution in [1.29, 1.82) is 0 Å². The second-order valence-corrected chi connectivity index (χ2v) is 5.43. The Hall–Kier alpha value is -1.13. The van der Waals surface area contributed by atoms with E-state index in [2.05, 4.69) is 10.2 Å². The first kappa shape index (κ1) is 14.3. The van der Waals surface area contributed by atoms with Gasteiger partial charge in [0.15, 0.2) is 0 Å². The van der Waals surface area contributed by atoms with E-state index in [1.807, 2.05) is 7.05 Å². The van der Waals surface area contributed by atoms with E-state index >= 15 is 0 Å². The third-order valence-corrected chi connectivity index (χ3v) is 3.86. The summed E-state index contributed by atoms with van der Waals surface area (Å²) < 4.78 is 12.9. The maximum Gasteiger partial charge on any atom is 0.238 e. The first-order valence-corrected chi connectivity index (χ1v) is 6.89. The number of benzene rings is 1. The Kier molecular flexibility index (Phi) is 4.77. The lowest BCUT2D eigenvalue weighted by Gasteiger charge is -2.23. The Labute approximate surface area is 117 Å². The normalized spacial score (nSPS) is 16.0. The lowest BCUT2D eigenvalue weighted by molar-refractivity contribution is -0.117. The van der Waals surface area contributed by atoms with Gasteiger partial charge in [-0.05, 0) is 38.1 Å². The highest BCUT2D eigenvalue weighted by Crippen LogP contribution is 2.24. The summed E-state index contributed by atoms with van der Waals surface area (Å²) in [6.45, 7) is 0.332. The van der Waals surface area contributed by atoms with Gasteiger partial charge in [0, 0.05) is 6.04 Å². The standard InChI is InChI=1S/C14H18ClFN2O/c1-18(11-4-2-3-5-11)9-14(19)17-13-7-6-10(16)8-12(13)15/h6-8,11H,2-5,9H2,1H3,(H,17,19). The maximum atomic E-state index is 12.9. The summed E-state index contributed by atoms with van der Waals surface area (Å²) in [5.41, 5.74) is 0.452. The van der Waals surface area contributed by atoms with Crippen LogP contribution in [0.3, 0.4) is 0 Å². The molecule has 0 radical (unpaired) electrons. The van der Waals surface area contributed by atoms with Crippen LogP contribution in [0.25, 0.3) is 0 Å². The first-order chi connectivity index (χ1) is 9.06. The van der Waals surface area contributed by atoms with Crippen molar-refractivity contribution in [3.8, 4) is 0 Å². The Morgan fingerprint density at radius 1 is 1.47 bits per heavy atom. The number of amides is 1. The van der Waals surface area contributed by atoms with E-state index in [0.29, 0.717) is 18.3 Å². The number of halogens is 2. The third kappa shape index (κ3) is 3.91. The number of carbonyl (C=O) groups is 1. The molecule has 0 atom stereocenters. The number of rotatable bonds is 4. The number of hydrogen-bond acceptors (Lipinski definition) is 2. The Balaban J connectivity index is 1.89. The van der Waals surface area contributed by atoms with Crippen molar-refractivity contribution in [2.75, 3.05) is 18.9 Å². The summed E-state index contributed by atoms with van der Waals surface area (Å²) in [6.07, 6.45) is 4.78. The van der Waals surface area contributed by atoms with E-state index in [-0.39, 0.29) is 10.9 Å². The van der Waals surface area contributed by atoms with E-state index in [0.717, 1.165) is 12.8 Å². The fraction of sp³-hybridized carbons (Fsp3) is 0.500. The molecule has 1 aliphatic rings. The molecule has 19 heavy (non-hydrogen) atoms. The number of nitrogens with one attached hydrogen (secondary N) is 1. The topological polar surface area (TPSA) is 32.3 Å². The number of hydrogen-bond donors (Lipinski definition) is 1. The van der Waals surface area contributed by atoms with Gasteiger partial charge >= 0.3 is 0 Å². The zero-order valence-electron chi connectivity index (χ0n) is 11.0. The highest BCUT2D eigenvalue weighted by Gasteiger charge is 2.21. The zero-order valence-corrected chi connectivity index (χ0v) is 11.7. The quantitative estimate of drug-likeness (QED) is 0.920. The predicted molar refractivity (Wildman–Crippen MR) is 74.9 cm³/mol. The second kappa shape index (κ2) is 6.35. The van der Waals surface area contributed by atoms with Crippen LogP contribution in [0.15, 0.2) is 18.2 Å². The van der Waals surface area contributed by atoms with Gasteiger partial charge in [0.2, 0.25) is 5.91 Å². The molecule has 1 saturated carbocycles.